The van der Waals surface area contributed by atoms with Gasteiger partial charge in [-0.1, -0.05) is 11.6 Å². The average molecular weight is 374 g/mol. The molecular weight excluding hydrogens is 342 g/mol. The molecule has 0 bridgehead atoms. The fourth-order valence-electron chi connectivity index (χ4n) is 4.27. The molecule has 6 nitrogen and oxygen atoms in total. The van der Waals surface area contributed by atoms with Crippen molar-refractivity contribution in [3.63, 3.8) is 0 Å². The predicted molar refractivity (Wildman–Crippen MR) is 98.3 cm³/mol. The van der Waals surface area contributed by atoms with E-state index in [1.54, 1.807) is 0 Å². The van der Waals surface area contributed by atoms with Gasteiger partial charge in [0, 0.05) is 18.8 Å². The van der Waals surface area contributed by atoms with Gasteiger partial charge in [-0.15, -0.1) is 0 Å². The number of methoxy groups -OCH3 is 1. The molecular formula is C18H31NO5S. The van der Waals surface area contributed by atoms with Crippen LogP contribution in [0, 0.1) is 5.92 Å². The first kappa shape index (κ1) is 20.7. The number of ether oxygens (including phenoxy) is 2. The molecule has 1 saturated carbocycles. The van der Waals surface area contributed by atoms with Gasteiger partial charge in [0.1, 0.15) is 11.7 Å². The molecule has 0 aromatic carbocycles. The molecule has 2 rings (SSSR count). The van der Waals surface area contributed by atoms with Crippen molar-refractivity contribution in [2.24, 2.45) is 11.7 Å². The smallest absolute Gasteiger partial charge is 0.252 e. The molecule has 1 aliphatic heterocycles. The molecule has 2 aliphatic rings. The summed E-state index contributed by atoms with van der Waals surface area (Å²) in [7, 11) is 1.44. The third kappa shape index (κ3) is 3.62. The Morgan fingerprint density at radius 1 is 1.40 bits per heavy atom. The highest BCUT2D eigenvalue weighted by Crippen LogP contribution is 2.56. The molecule has 0 aromatic heterocycles. The highest BCUT2D eigenvalue weighted by molar-refractivity contribution is 7.98. The molecule has 0 aromatic rings. The zero-order valence-electron chi connectivity index (χ0n) is 15.7. The number of rotatable bonds is 7. The summed E-state index contributed by atoms with van der Waals surface area (Å²) in [4.78, 5) is 12.0. The molecule has 1 amide bonds. The Bertz CT molecular complexity index is 552. The molecule has 1 heterocycles. The summed E-state index contributed by atoms with van der Waals surface area (Å²) < 4.78 is 11.5. The van der Waals surface area contributed by atoms with Gasteiger partial charge in [-0.05, 0) is 46.3 Å². The van der Waals surface area contributed by atoms with Crippen molar-refractivity contribution in [3.05, 3.63) is 11.6 Å². The third-order valence-electron chi connectivity index (χ3n) is 5.70. The minimum absolute atomic E-state index is 0.0725. The Morgan fingerprint density at radius 2 is 2.04 bits per heavy atom. The molecule has 144 valence electrons. The lowest BCUT2D eigenvalue weighted by atomic mass is 9.61. The van der Waals surface area contributed by atoms with Crippen LogP contribution in [-0.2, 0) is 14.3 Å². The SMILES string of the molecule is COC1C(C2(C)OC2CC=C(C)C)C(O)(CSC)CCC1(O)C(N)=O. The van der Waals surface area contributed by atoms with E-state index in [4.69, 9.17) is 15.2 Å². The van der Waals surface area contributed by atoms with E-state index in [1.807, 2.05) is 27.0 Å². The van der Waals surface area contributed by atoms with Crippen LogP contribution in [0.1, 0.15) is 40.0 Å². The monoisotopic (exact) mass is 373 g/mol. The third-order valence-corrected chi connectivity index (χ3v) is 6.49. The van der Waals surface area contributed by atoms with E-state index in [0.29, 0.717) is 5.75 Å². The van der Waals surface area contributed by atoms with Crippen molar-refractivity contribution in [3.8, 4) is 0 Å². The van der Waals surface area contributed by atoms with Crippen LogP contribution < -0.4 is 5.73 Å². The zero-order chi connectivity index (χ0) is 19.0. The number of carbonyl (C=O) groups excluding carboxylic acids is 1. The van der Waals surface area contributed by atoms with Crippen LogP contribution in [0.15, 0.2) is 11.6 Å². The summed E-state index contributed by atoms with van der Waals surface area (Å²) in [5.41, 5.74) is 3.09. The molecule has 2 fully saturated rings. The lowest BCUT2D eigenvalue weighted by Crippen LogP contribution is -2.69. The fourth-order valence-corrected chi connectivity index (χ4v) is 5.10. The van der Waals surface area contributed by atoms with Crippen molar-refractivity contribution in [2.75, 3.05) is 19.1 Å². The number of epoxide rings is 1. The summed E-state index contributed by atoms with van der Waals surface area (Å²) in [5, 5.41) is 22.2. The number of carbonyl (C=O) groups is 1. The largest absolute Gasteiger partial charge is 0.389 e. The summed E-state index contributed by atoms with van der Waals surface area (Å²) in [6, 6.07) is 0. The van der Waals surface area contributed by atoms with E-state index >= 15 is 0 Å². The quantitative estimate of drug-likeness (QED) is 0.458. The number of allylic oxidation sites excluding steroid dienone is 1. The summed E-state index contributed by atoms with van der Waals surface area (Å²) in [6.07, 6.45) is 4.06. The van der Waals surface area contributed by atoms with E-state index in [0.717, 1.165) is 6.42 Å². The Balaban J connectivity index is 2.39. The normalized spacial score (nSPS) is 43.6. The molecule has 6 atom stereocenters. The average Bonchev–Trinajstić information content (AvgIpc) is 3.18. The van der Waals surface area contributed by atoms with Crippen LogP contribution in [0.4, 0.5) is 0 Å². The van der Waals surface area contributed by atoms with Gasteiger partial charge >= 0.3 is 0 Å². The Morgan fingerprint density at radius 3 is 2.52 bits per heavy atom. The number of hydrogen-bond acceptors (Lipinski definition) is 6. The maximum absolute atomic E-state index is 12.0. The topological polar surface area (TPSA) is 105 Å². The lowest BCUT2D eigenvalue weighted by Gasteiger charge is -2.51. The van der Waals surface area contributed by atoms with Gasteiger partial charge in [-0.25, -0.2) is 0 Å². The molecule has 1 saturated heterocycles. The predicted octanol–water partition coefficient (Wildman–Crippen LogP) is 1.24. The van der Waals surface area contributed by atoms with Crippen LogP contribution in [0.5, 0.6) is 0 Å². The van der Waals surface area contributed by atoms with Crippen LogP contribution in [0.3, 0.4) is 0 Å². The molecule has 6 unspecified atom stereocenters. The summed E-state index contributed by atoms with van der Waals surface area (Å²) >= 11 is 1.52. The Kier molecular flexibility index (Phi) is 5.96. The molecule has 25 heavy (non-hydrogen) atoms. The van der Waals surface area contributed by atoms with E-state index in [1.165, 1.54) is 24.4 Å². The van der Waals surface area contributed by atoms with Crippen LogP contribution >= 0.6 is 11.8 Å². The number of aliphatic hydroxyl groups is 2. The van der Waals surface area contributed by atoms with Crippen molar-refractivity contribution >= 4 is 17.7 Å². The van der Waals surface area contributed by atoms with Gasteiger partial charge in [-0.2, -0.15) is 11.8 Å². The van der Waals surface area contributed by atoms with E-state index in [-0.39, 0.29) is 18.9 Å². The van der Waals surface area contributed by atoms with Gasteiger partial charge in [-0.3, -0.25) is 4.79 Å². The second-order valence-corrected chi connectivity index (χ2v) is 8.63. The van der Waals surface area contributed by atoms with E-state index in [9.17, 15) is 15.0 Å². The van der Waals surface area contributed by atoms with Crippen molar-refractivity contribution < 1.29 is 24.5 Å². The van der Waals surface area contributed by atoms with Crippen LogP contribution in [-0.4, -0.2) is 64.2 Å². The van der Waals surface area contributed by atoms with E-state index in [2.05, 4.69) is 6.08 Å². The minimum atomic E-state index is -1.81. The maximum atomic E-state index is 12.0. The number of thioether (sulfide) groups is 1. The molecule has 0 radical (unpaired) electrons. The first-order chi connectivity index (χ1) is 11.5. The lowest BCUT2D eigenvalue weighted by molar-refractivity contribution is -0.211. The number of hydrogen-bond donors (Lipinski definition) is 3. The maximum Gasteiger partial charge on any atom is 0.252 e. The number of nitrogens with two attached hydrogens (primary N) is 1. The first-order valence-electron chi connectivity index (χ1n) is 8.62. The summed E-state index contributed by atoms with van der Waals surface area (Å²) in [5.74, 6) is -0.902. The van der Waals surface area contributed by atoms with Crippen LogP contribution in [0.2, 0.25) is 0 Å². The molecule has 4 N–H and O–H groups in total. The van der Waals surface area contributed by atoms with Crippen molar-refractivity contribution in [2.45, 2.75) is 69.0 Å². The standard InChI is InChI=1S/C18H31NO5S/c1-11(2)6-7-12-16(3,24-12)13-14(23-4)18(22,15(19)20)9-8-17(13,21)10-25-5/h6,12-14,21-22H,7-10H2,1-5H3,(H2,19,20). The van der Waals surface area contributed by atoms with Crippen molar-refractivity contribution in [1.29, 1.82) is 0 Å². The summed E-state index contributed by atoms with van der Waals surface area (Å²) in [6.45, 7) is 5.97. The zero-order valence-corrected chi connectivity index (χ0v) is 16.6. The van der Waals surface area contributed by atoms with Crippen molar-refractivity contribution in [1.82, 2.24) is 0 Å². The second-order valence-electron chi connectivity index (χ2n) is 7.77. The fraction of sp³-hybridized carbons (Fsp3) is 0.833. The van der Waals surface area contributed by atoms with Crippen LogP contribution in [0.25, 0.3) is 0 Å². The molecule has 1 aliphatic carbocycles. The molecule has 7 heteroatoms. The highest BCUT2D eigenvalue weighted by atomic mass is 32.2. The van der Waals surface area contributed by atoms with Gasteiger partial charge in [0.05, 0.1) is 11.7 Å². The Labute approximate surface area is 154 Å². The first-order valence-corrected chi connectivity index (χ1v) is 10.0. The number of primary amides is 1. The van der Waals surface area contributed by atoms with Gasteiger partial charge in [0.15, 0.2) is 5.60 Å². The van der Waals surface area contributed by atoms with Gasteiger partial charge in [0.25, 0.3) is 5.91 Å². The minimum Gasteiger partial charge on any atom is -0.389 e. The van der Waals surface area contributed by atoms with Gasteiger partial charge < -0.3 is 25.4 Å². The van der Waals surface area contributed by atoms with Gasteiger partial charge in [0.2, 0.25) is 0 Å². The Hall–Kier alpha value is -0.600. The highest BCUT2D eigenvalue weighted by Gasteiger charge is 2.70. The number of amides is 1. The second kappa shape index (κ2) is 7.19. The molecule has 0 spiro atoms. The van der Waals surface area contributed by atoms with E-state index < -0.39 is 34.7 Å².